The molecule has 0 radical (unpaired) electrons. The van der Waals surface area contributed by atoms with E-state index in [0.29, 0.717) is 17.4 Å². The van der Waals surface area contributed by atoms with E-state index in [1.807, 2.05) is 0 Å². The molecule has 1 heterocycles. The van der Waals surface area contributed by atoms with Gasteiger partial charge in [-0.3, -0.25) is 11.3 Å². The van der Waals surface area contributed by atoms with Crippen LogP contribution in [-0.4, -0.2) is 12.6 Å². The van der Waals surface area contributed by atoms with E-state index >= 15 is 0 Å². The molecule has 2 aliphatic rings. The van der Waals surface area contributed by atoms with Gasteiger partial charge in [-0.05, 0) is 48.6 Å². The predicted octanol–water partition coefficient (Wildman–Crippen LogP) is 3.75. The average Bonchev–Trinajstić information content (AvgIpc) is 2.53. The molecule has 2 atom stereocenters. The van der Waals surface area contributed by atoms with Crippen LogP contribution >= 0.6 is 0 Å². The van der Waals surface area contributed by atoms with Crippen LogP contribution < -0.4 is 16.0 Å². The second kappa shape index (κ2) is 6.37. The summed E-state index contributed by atoms with van der Waals surface area (Å²) in [5.41, 5.74) is 4.86. The van der Waals surface area contributed by atoms with E-state index in [1.165, 1.54) is 37.7 Å². The van der Waals surface area contributed by atoms with Gasteiger partial charge in [0.2, 0.25) is 0 Å². The number of para-hydroxylation sites is 1. The summed E-state index contributed by atoms with van der Waals surface area (Å²) in [5.74, 6) is 7.58. The molecule has 0 bridgehead atoms. The van der Waals surface area contributed by atoms with Crippen molar-refractivity contribution >= 4 is 0 Å². The first kappa shape index (κ1) is 14.9. The van der Waals surface area contributed by atoms with E-state index in [4.69, 9.17) is 10.6 Å². The first-order chi connectivity index (χ1) is 10.2. The minimum absolute atomic E-state index is 0.347. The highest BCUT2D eigenvalue weighted by molar-refractivity contribution is 5.37. The Morgan fingerprint density at radius 1 is 1.29 bits per heavy atom. The predicted molar refractivity (Wildman–Crippen MR) is 86.2 cm³/mol. The smallest absolute Gasteiger partial charge is 0.122 e. The number of nitrogens with one attached hydrogen (secondary N) is 1. The van der Waals surface area contributed by atoms with Gasteiger partial charge in [0.15, 0.2) is 0 Å². The van der Waals surface area contributed by atoms with Gasteiger partial charge in [0, 0.05) is 6.04 Å². The van der Waals surface area contributed by atoms with Crippen LogP contribution in [0.1, 0.15) is 63.4 Å². The first-order valence-corrected chi connectivity index (χ1v) is 8.41. The molecular weight excluding hydrogens is 260 g/mol. The maximum atomic E-state index is 5.94. The number of hydrogen-bond donors (Lipinski definition) is 2. The summed E-state index contributed by atoms with van der Waals surface area (Å²) in [7, 11) is 0. The monoisotopic (exact) mass is 288 g/mol. The highest BCUT2D eigenvalue weighted by Crippen LogP contribution is 2.44. The van der Waals surface area contributed by atoms with E-state index < -0.39 is 0 Å². The molecule has 1 aliphatic heterocycles. The summed E-state index contributed by atoms with van der Waals surface area (Å²) < 4.78 is 5.79. The van der Waals surface area contributed by atoms with Gasteiger partial charge in [0.1, 0.15) is 5.75 Å². The summed E-state index contributed by atoms with van der Waals surface area (Å²) >= 11 is 0. The van der Waals surface area contributed by atoms with E-state index in [2.05, 4.69) is 36.6 Å². The molecule has 3 nitrogen and oxygen atoms in total. The van der Waals surface area contributed by atoms with Gasteiger partial charge >= 0.3 is 0 Å². The van der Waals surface area contributed by atoms with Crippen LogP contribution in [0.5, 0.6) is 5.75 Å². The van der Waals surface area contributed by atoms with Crippen LogP contribution in [-0.2, 0) is 0 Å². The number of benzene rings is 1. The Labute approximate surface area is 128 Å². The SMILES string of the molecule is CC1(C(CC2CCOc3ccccc32)NN)CCCCC1. The normalized spacial score (nSPS) is 25.7. The van der Waals surface area contributed by atoms with Crippen molar-refractivity contribution in [1.29, 1.82) is 0 Å². The Balaban J connectivity index is 1.76. The third-order valence-corrected chi connectivity index (χ3v) is 5.64. The van der Waals surface area contributed by atoms with E-state index in [0.717, 1.165) is 25.2 Å². The van der Waals surface area contributed by atoms with Crippen molar-refractivity contribution in [2.75, 3.05) is 6.61 Å². The fourth-order valence-electron chi connectivity index (χ4n) is 4.21. The summed E-state index contributed by atoms with van der Waals surface area (Å²) in [6.45, 7) is 3.25. The van der Waals surface area contributed by atoms with Gasteiger partial charge in [-0.25, -0.2) is 0 Å². The van der Waals surface area contributed by atoms with Gasteiger partial charge in [0.05, 0.1) is 6.61 Å². The van der Waals surface area contributed by atoms with Crippen LogP contribution in [0.25, 0.3) is 0 Å². The van der Waals surface area contributed by atoms with Crippen molar-refractivity contribution in [2.24, 2.45) is 11.3 Å². The summed E-state index contributed by atoms with van der Waals surface area (Å²) in [4.78, 5) is 0. The lowest BCUT2D eigenvalue weighted by atomic mass is 9.68. The Kier molecular flexibility index (Phi) is 4.51. The Hall–Kier alpha value is -1.06. The molecule has 3 heteroatoms. The molecule has 1 fully saturated rings. The van der Waals surface area contributed by atoms with Gasteiger partial charge in [-0.2, -0.15) is 0 Å². The van der Waals surface area contributed by atoms with Crippen LogP contribution in [0, 0.1) is 5.41 Å². The molecule has 21 heavy (non-hydrogen) atoms. The van der Waals surface area contributed by atoms with Crippen LogP contribution in [0.3, 0.4) is 0 Å². The zero-order valence-electron chi connectivity index (χ0n) is 13.1. The van der Waals surface area contributed by atoms with Crippen LogP contribution in [0.15, 0.2) is 24.3 Å². The summed E-state index contributed by atoms with van der Waals surface area (Å²) in [5, 5.41) is 0. The quantitative estimate of drug-likeness (QED) is 0.655. The lowest BCUT2D eigenvalue weighted by Gasteiger charge is -2.42. The number of fused-ring (bicyclic) bond motifs is 1. The van der Waals surface area contributed by atoms with Crippen molar-refractivity contribution in [3.05, 3.63) is 29.8 Å². The number of hydrogen-bond acceptors (Lipinski definition) is 3. The van der Waals surface area contributed by atoms with Crippen LogP contribution in [0.4, 0.5) is 0 Å². The van der Waals surface area contributed by atoms with Crippen molar-refractivity contribution in [3.8, 4) is 5.75 Å². The molecule has 0 spiro atoms. The third-order valence-electron chi connectivity index (χ3n) is 5.64. The lowest BCUT2D eigenvalue weighted by Crippen LogP contribution is -2.49. The Morgan fingerprint density at radius 2 is 2.05 bits per heavy atom. The molecule has 1 saturated carbocycles. The Morgan fingerprint density at radius 3 is 2.81 bits per heavy atom. The molecule has 0 amide bonds. The summed E-state index contributed by atoms with van der Waals surface area (Å²) in [6.07, 6.45) is 8.89. The molecule has 2 unspecified atom stereocenters. The molecule has 1 aromatic rings. The van der Waals surface area contributed by atoms with Crippen molar-refractivity contribution in [1.82, 2.24) is 5.43 Å². The zero-order chi connectivity index (χ0) is 14.7. The molecular formula is C18H28N2O. The van der Waals surface area contributed by atoms with Crippen molar-refractivity contribution in [2.45, 2.75) is 63.8 Å². The maximum Gasteiger partial charge on any atom is 0.122 e. The number of ether oxygens (including phenoxy) is 1. The van der Waals surface area contributed by atoms with Gasteiger partial charge in [-0.15, -0.1) is 0 Å². The van der Waals surface area contributed by atoms with E-state index in [1.54, 1.807) is 0 Å². The lowest BCUT2D eigenvalue weighted by molar-refractivity contribution is 0.126. The topological polar surface area (TPSA) is 47.3 Å². The van der Waals surface area contributed by atoms with Crippen molar-refractivity contribution in [3.63, 3.8) is 0 Å². The number of rotatable bonds is 4. The van der Waals surface area contributed by atoms with Crippen molar-refractivity contribution < 1.29 is 4.74 Å². The molecule has 1 aromatic carbocycles. The highest BCUT2D eigenvalue weighted by Gasteiger charge is 2.37. The maximum absolute atomic E-state index is 5.94. The van der Waals surface area contributed by atoms with Gasteiger partial charge in [0.25, 0.3) is 0 Å². The minimum atomic E-state index is 0.347. The first-order valence-electron chi connectivity index (χ1n) is 8.41. The van der Waals surface area contributed by atoms with E-state index in [9.17, 15) is 0 Å². The van der Waals surface area contributed by atoms with Gasteiger partial charge in [-0.1, -0.05) is 44.4 Å². The minimum Gasteiger partial charge on any atom is -0.493 e. The second-order valence-electron chi connectivity index (χ2n) is 7.04. The fourth-order valence-corrected chi connectivity index (χ4v) is 4.21. The Bertz CT molecular complexity index is 468. The third kappa shape index (κ3) is 3.09. The standard InChI is InChI=1S/C18H28N2O/c1-18(10-5-2-6-11-18)17(20-19)13-14-9-12-21-16-8-4-3-7-15(14)16/h3-4,7-8,14,17,20H,2,5-6,9-13,19H2,1H3. The second-order valence-corrected chi connectivity index (χ2v) is 7.04. The largest absolute Gasteiger partial charge is 0.493 e. The summed E-state index contributed by atoms with van der Waals surface area (Å²) in [6, 6.07) is 8.88. The van der Waals surface area contributed by atoms with E-state index in [-0.39, 0.29) is 0 Å². The molecule has 0 aromatic heterocycles. The molecule has 3 rings (SSSR count). The average molecular weight is 288 g/mol. The fraction of sp³-hybridized carbons (Fsp3) is 0.667. The van der Waals surface area contributed by atoms with Gasteiger partial charge < -0.3 is 4.74 Å². The highest BCUT2D eigenvalue weighted by atomic mass is 16.5. The molecule has 3 N–H and O–H groups in total. The molecule has 0 saturated heterocycles. The molecule has 116 valence electrons. The molecule has 1 aliphatic carbocycles. The van der Waals surface area contributed by atoms with Crippen LogP contribution in [0.2, 0.25) is 0 Å². The zero-order valence-corrected chi connectivity index (χ0v) is 13.1. The number of nitrogens with two attached hydrogens (primary N) is 1. The number of hydrazine groups is 1.